The fraction of sp³-hybridized carbons (Fsp3) is 0. The fourth-order valence-electron chi connectivity index (χ4n) is 1.22. The third-order valence-corrected chi connectivity index (χ3v) is 2.81. The molecule has 0 spiro atoms. The Labute approximate surface area is 152 Å². The Morgan fingerprint density at radius 3 is 1.40 bits per heavy atom. The van der Waals surface area contributed by atoms with Gasteiger partial charge in [-0.05, 0) is 0 Å². The predicted molar refractivity (Wildman–Crippen MR) is 54.4 cm³/mol. The smallest absolute Gasteiger partial charge is 0.744 e. The Morgan fingerprint density at radius 2 is 1.20 bits per heavy atom. The first-order chi connectivity index (χ1) is 8.55. The van der Waals surface area contributed by atoms with Gasteiger partial charge in [-0.2, -0.15) is 0 Å². The summed E-state index contributed by atoms with van der Waals surface area (Å²) in [5.74, 6) is 0. The summed E-state index contributed by atoms with van der Waals surface area (Å²) in [5, 5.41) is 31.6. The number of hydrogen-bond acceptors (Lipinski definition) is 9. The van der Waals surface area contributed by atoms with Crippen LogP contribution in [0.4, 0.5) is 17.1 Å². The predicted octanol–water partition coefficient (Wildman–Crippen LogP) is -2.68. The van der Waals surface area contributed by atoms with E-state index < -0.39 is 46.8 Å². The maximum Gasteiger partial charge on any atom is 1.00 e. The number of nitro benzene ring substituents is 3. The van der Waals surface area contributed by atoms with E-state index in [4.69, 9.17) is 0 Å². The molecule has 12 nitrogen and oxygen atoms in total. The summed E-state index contributed by atoms with van der Waals surface area (Å²) >= 11 is 0. The number of benzene rings is 1. The standard InChI is InChI=1S/C6H3N3O9S.K/c10-7(11)3-1-4(8(12)13)6(19(16,17)18)5(2-3)9(14)15;/h1-2H,(H,16,17,18);/q;+1/p-1. The number of nitrogens with zero attached hydrogens (tertiary/aromatic N) is 3. The molecule has 0 aliphatic heterocycles. The van der Waals surface area contributed by atoms with E-state index in [1.165, 1.54) is 0 Å². The van der Waals surface area contributed by atoms with Gasteiger partial charge in [-0.1, -0.05) is 0 Å². The molecule has 0 N–H and O–H groups in total. The van der Waals surface area contributed by atoms with Crippen molar-refractivity contribution >= 4 is 27.2 Å². The zero-order chi connectivity index (χ0) is 15.0. The zero-order valence-electron chi connectivity index (χ0n) is 9.58. The maximum atomic E-state index is 10.8. The van der Waals surface area contributed by atoms with Crippen LogP contribution in [0.5, 0.6) is 0 Å². The molecule has 102 valence electrons. The van der Waals surface area contributed by atoms with Gasteiger partial charge in [0.1, 0.15) is 10.1 Å². The number of non-ortho nitro benzene ring substituents is 1. The Hall–Kier alpha value is -1.03. The van der Waals surface area contributed by atoms with Crippen molar-refractivity contribution in [3.05, 3.63) is 42.5 Å². The summed E-state index contributed by atoms with van der Waals surface area (Å²) in [5.41, 5.74) is -4.11. The molecule has 0 saturated carbocycles. The van der Waals surface area contributed by atoms with Gasteiger partial charge in [-0.3, -0.25) is 30.3 Å². The van der Waals surface area contributed by atoms with E-state index in [1.54, 1.807) is 0 Å². The topological polar surface area (TPSA) is 187 Å². The van der Waals surface area contributed by atoms with Crippen LogP contribution >= 0.6 is 0 Å². The summed E-state index contributed by atoms with van der Waals surface area (Å²) in [6.07, 6.45) is 0. The van der Waals surface area contributed by atoms with Gasteiger partial charge in [0, 0.05) is 0 Å². The largest absolute Gasteiger partial charge is 1.00 e. The molecule has 14 heteroatoms. The van der Waals surface area contributed by atoms with Crippen molar-refractivity contribution in [2.24, 2.45) is 0 Å². The molecule has 0 fully saturated rings. The van der Waals surface area contributed by atoms with Gasteiger partial charge in [0.15, 0.2) is 0 Å². The molecule has 0 heterocycles. The minimum Gasteiger partial charge on any atom is -0.744 e. The van der Waals surface area contributed by atoms with Crippen LogP contribution in [0.15, 0.2) is 17.0 Å². The average Bonchev–Trinajstić information content (AvgIpc) is 2.25. The van der Waals surface area contributed by atoms with E-state index in [2.05, 4.69) is 0 Å². The third-order valence-electron chi connectivity index (χ3n) is 1.89. The van der Waals surface area contributed by atoms with Crippen LogP contribution < -0.4 is 51.4 Å². The van der Waals surface area contributed by atoms with Crippen LogP contribution in [-0.4, -0.2) is 27.7 Å². The summed E-state index contributed by atoms with van der Waals surface area (Å²) in [4.78, 5) is 25.8. The molecule has 0 bridgehead atoms. The monoisotopic (exact) mass is 331 g/mol. The van der Waals surface area contributed by atoms with Crippen LogP contribution in [0.1, 0.15) is 0 Å². The van der Waals surface area contributed by atoms with E-state index in [0.717, 1.165) is 0 Å². The quantitative estimate of drug-likeness (QED) is 0.245. The van der Waals surface area contributed by atoms with E-state index >= 15 is 0 Å². The van der Waals surface area contributed by atoms with Crippen LogP contribution in [0, 0.1) is 30.3 Å². The summed E-state index contributed by atoms with van der Waals surface area (Å²) in [7, 11) is -5.55. The minimum atomic E-state index is -5.55. The first kappa shape index (κ1) is 19.0. The number of rotatable bonds is 4. The number of nitro groups is 3. The second-order valence-corrected chi connectivity index (χ2v) is 4.36. The first-order valence-electron chi connectivity index (χ1n) is 4.13. The molecule has 1 rings (SSSR count). The minimum absolute atomic E-state index is 0. The van der Waals surface area contributed by atoms with Crippen molar-refractivity contribution in [2.75, 3.05) is 0 Å². The molecule has 0 radical (unpaired) electrons. The molecule has 0 aliphatic carbocycles. The molecule has 20 heavy (non-hydrogen) atoms. The molecule has 1 aromatic carbocycles. The van der Waals surface area contributed by atoms with Gasteiger partial charge in [0.2, 0.25) is 4.90 Å². The van der Waals surface area contributed by atoms with E-state index in [-0.39, 0.29) is 63.5 Å². The van der Waals surface area contributed by atoms with Crippen molar-refractivity contribution in [3.63, 3.8) is 0 Å². The van der Waals surface area contributed by atoms with Gasteiger partial charge < -0.3 is 4.55 Å². The molecule has 0 aromatic heterocycles. The van der Waals surface area contributed by atoms with Crippen molar-refractivity contribution in [2.45, 2.75) is 4.90 Å². The average molecular weight is 331 g/mol. The Kier molecular flexibility index (Phi) is 6.27. The summed E-state index contributed by atoms with van der Waals surface area (Å²) in [6, 6.07) is 0.329. The molecular formula is C6H2KN3O9S. The van der Waals surface area contributed by atoms with Crippen molar-refractivity contribution in [1.29, 1.82) is 0 Å². The Balaban J connectivity index is 0.00000361. The Bertz CT molecular complexity index is 665. The summed E-state index contributed by atoms with van der Waals surface area (Å²) in [6.45, 7) is 0. The molecule has 0 atom stereocenters. The van der Waals surface area contributed by atoms with Gasteiger partial charge in [-0.15, -0.1) is 0 Å². The van der Waals surface area contributed by atoms with Crippen molar-refractivity contribution in [1.82, 2.24) is 0 Å². The zero-order valence-corrected chi connectivity index (χ0v) is 13.5. The maximum absolute atomic E-state index is 10.8. The molecule has 1 aromatic rings. The van der Waals surface area contributed by atoms with Crippen LogP contribution in [0.25, 0.3) is 0 Å². The third kappa shape index (κ3) is 3.98. The second kappa shape index (κ2) is 6.61. The molecule has 0 aliphatic rings. The van der Waals surface area contributed by atoms with Gasteiger partial charge in [0.05, 0.1) is 26.9 Å². The van der Waals surface area contributed by atoms with E-state index in [1.807, 2.05) is 0 Å². The Morgan fingerprint density at radius 1 is 0.850 bits per heavy atom. The van der Waals surface area contributed by atoms with Gasteiger partial charge >= 0.3 is 62.8 Å². The SMILES string of the molecule is O=[N+]([O-])c1cc([N+](=O)[O-])c(S(=O)(=O)[O-])c([N+](=O)[O-])c1.[K+]. The van der Waals surface area contributed by atoms with Crippen LogP contribution in [0.2, 0.25) is 0 Å². The molecule has 0 unspecified atom stereocenters. The van der Waals surface area contributed by atoms with Gasteiger partial charge in [-0.25, -0.2) is 8.42 Å². The van der Waals surface area contributed by atoms with Crippen LogP contribution in [-0.2, 0) is 10.1 Å². The van der Waals surface area contributed by atoms with Crippen LogP contribution in [0.3, 0.4) is 0 Å². The van der Waals surface area contributed by atoms with Crippen molar-refractivity contribution in [3.8, 4) is 0 Å². The fourth-order valence-corrected chi connectivity index (χ4v) is 2.00. The van der Waals surface area contributed by atoms with E-state index in [0.29, 0.717) is 0 Å². The van der Waals surface area contributed by atoms with Gasteiger partial charge in [0.25, 0.3) is 5.69 Å². The molecule has 0 saturated heterocycles. The first-order valence-corrected chi connectivity index (χ1v) is 5.53. The normalized spacial score (nSPS) is 10.4. The summed E-state index contributed by atoms with van der Waals surface area (Å²) < 4.78 is 32.5. The van der Waals surface area contributed by atoms with Crippen molar-refractivity contribution < 1.29 is 79.1 Å². The molecule has 0 amide bonds. The van der Waals surface area contributed by atoms with E-state index in [9.17, 15) is 43.3 Å². The number of hydrogen-bond donors (Lipinski definition) is 0. The molecular weight excluding hydrogens is 329 g/mol. The second-order valence-electron chi connectivity index (χ2n) is 3.04.